The standard InChI is InChI=1S/C18H13N9O3/c1-10-6-11(25-30-10)17-23-22-16-7-14(28-2)18(24-27(16)17)29-9-13-12(8-19)21-15-4-3-5-20-26(13)15/h3-7H,9H2,1-2H3. The highest BCUT2D eigenvalue weighted by molar-refractivity contribution is 5.57. The van der Waals surface area contributed by atoms with Gasteiger partial charge >= 0.3 is 0 Å². The van der Waals surface area contributed by atoms with Crippen molar-refractivity contribution >= 4 is 11.3 Å². The average Bonchev–Trinajstić information content (AvgIpc) is 3.47. The Kier molecular flexibility index (Phi) is 3.99. The largest absolute Gasteiger partial charge is 0.491 e. The summed E-state index contributed by atoms with van der Waals surface area (Å²) in [5.74, 6) is 1.57. The van der Waals surface area contributed by atoms with E-state index in [4.69, 9.17) is 14.0 Å². The topological polar surface area (TPSA) is 142 Å². The van der Waals surface area contributed by atoms with Gasteiger partial charge in [0, 0.05) is 18.3 Å². The number of hydrogen-bond acceptors (Lipinski definition) is 10. The van der Waals surface area contributed by atoms with Crippen molar-refractivity contribution in [3.8, 4) is 29.2 Å². The molecule has 0 spiro atoms. The van der Waals surface area contributed by atoms with E-state index in [0.717, 1.165) is 0 Å². The minimum absolute atomic E-state index is 0.00350. The van der Waals surface area contributed by atoms with Gasteiger partial charge in [0.25, 0.3) is 5.88 Å². The third kappa shape index (κ3) is 2.76. The summed E-state index contributed by atoms with van der Waals surface area (Å²) in [6.07, 6.45) is 1.60. The van der Waals surface area contributed by atoms with E-state index in [9.17, 15) is 5.26 Å². The Balaban J connectivity index is 1.55. The predicted octanol–water partition coefficient (Wildman–Crippen LogP) is 1.59. The average molecular weight is 403 g/mol. The van der Waals surface area contributed by atoms with Gasteiger partial charge in [-0.25, -0.2) is 9.50 Å². The Morgan fingerprint density at radius 2 is 2.10 bits per heavy atom. The van der Waals surface area contributed by atoms with Crippen LogP contribution in [0.5, 0.6) is 11.6 Å². The van der Waals surface area contributed by atoms with Gasteiger partial charge in [-0.2, -0.15) is 14.9 Å². The van der Waals surface area contributed by atoms with Gasteiger partial charge in [0.2, 0.25) is 5.82 Å². The Morgan fingerprint density at radius 3 is 2.87 bits per heavy atom. The highest BCUT2D eigenvalue weighted by atomic mass is 16.5. The Labute approximate surface area is 168 Å². The molecule has 0 aliphatic carbocycles. The molecule has 0 saturated heterocycles. The SMILES string of the molecule is COc1cc2nnc(-c3cc(C)on3)n2nc1OCc1c(C#N)nc2cccnn12. The van der Waals surface area contributed by atoms with E-state index in [1.807, 2.05) is 0 Å². The lowest BCUT2D eigenvalue weighted by Gasteiger charge is -2.10. The smallest absolute Gasteiger partial charge is 0.275 e. The van der Waals surface area contributed by atoms with Crippen LogP contribution >= 0.6 is 0 Å². The molecule has 148 valence electrons. The molecule has 12 heteroatoms. The molecule has 0 saturated carbocycles. The van der Waals surface area contributed by atoms with Crippen LogP contribution in [0.4, 0.5) is 0 Å². The second kappa shape index (κ2) is 6.82. The first-order chi connectivity index (χ1) is 14.7. The van der Waals surface area contributed by atoms with Crippen molar-refractivity contribution < 1.29 is 14.0 Å². The molecule has 30 heavy (non-hydrogen) atoms. The first-order valence-electron chi connectivity index (χ1n) is 8.77. The Morgan fingerprint density at radius 1 is 1.20 bits per heavy atom. The molecule has 5 rings (SSSR count). The van der Waals surface area contributed by atoms with Crippen molar-refractivity contribution in [2.75, 3.05) is 7.11 Å². The molecule has 0 aromatic carbocycles. The number of fused-ring (bicyclic) bond motifs is 2. The molecule has 5 aromatic rings. The van der Waals surface area contributed by atoms with Gasteiger partial charge in [-0.15, -0.1) is 15.3 Å². The molecular formula is C18H13N9O3. The number of aromatic nitrogens is 8. The third-order valence-corrected chi connectivity index (χ3v) is 4.34. The number of hydrogen-bond donors (Lipinski definition) is 0. The number of rotatable bonds is 5. The summed E-state index contributed by atoms with van der Waals surface area (Å²) in [6.45, 7) is 1.78. The van der Waals surface area contributed by atoms with Crippen molar-refractivity contribution in [1.82, 2.24) is 39.6 Å². The number of nitriles is 1. The van der Waals surface area contributed by atoms with Crippen molar-refractivity contribution in [1.29, 1.82) is 5.26 Å². The lowest BCUT2D eigenvalue weighted by molar-refractivity contribution is 0.262. The quantitative estimate of drug-likeness (QED) is 0.424. The maximum absolute atomic E-state index is 9.41. The molecule has 0 radical (unpaired) electrons. The zero-order chi connectivity index (χ0) is 20.7. The molecular weight excluding hydrogens is 390 g/mol. The molecule has 0 N–H and O–H groups in total. The summed E-state index contributed by atoms with van der Waals surface area (Å²) in [7, 11) is 1.50. The van der Waals surface area contributed by atoms with Gasteiger partial charge in [-0.3, -0.25) is 0 Å². The molecule has 0 atom stereocenters. The summed E-state index contributed by atoms with van der Waals surface area (Å²) >= 11 is 0. The van der Waals surface area contributed by atoms with Gasteiger partial charge in [-0.05, 0) is 19.1 Å². The van der Waals surface area contributed by atoms with E-state index in [1.165, 1.54) is 11.6 Å². The molecule has 0 amide bonds. The van der Waals surface area contributed by atoms with Gasteiger partial charge in [0.15, 0.2) is 28.4 Å². The Bertz CT molecular complexity index is 1430. The van der Waals surface area contributed by atoms with Crippen LogP contribution in [0.3, 0.4) is 0 Å². The second-order valence-electron chi connectivity index (χ2n) is 6.24. The molecule has 0 aliphatic rings. The van der Waals surface area contributed by atoms with Gasteiger partial charge in [0.05, 0.1) is 7.11 Å². The van der Waals surface area contributed by atoms with E-state index in [-0.39, 0.29) is 18.2 Å². The third-order valence-electron chi connectivity index (χ3n) is 4.34. The Hall–Kier alpha value is -4.53. The summed E-state index contributed by atoms with van der Waals surface area (Å²) < 4.78 is 19.4. The van der Waals surface area contributed by atoms with Crippen molar-refractivity contribution in [2.45, 2.75) is 13.5 Å². The summed E-state index contributed by atoms with van der Waals surface area (Å²) in [6, 6.07) is 8.93. The van der Waals surface area contributed by atoms with Crippen LogP contribution in [-0.4, -0.2) is 46.7 Å². The summed E-state index contributed by atoms with van der Waals surface area (Å²) in [5.41, 5.74) is 2.20. The number of aryl methyl sites for hydroxylation is 1. The molecule has 12 nitrogen and oxygen atoms in total. The number of ether oxygens (including phenoxy) is 2. The molecule has 0 bridgehead atoms. The lowest BCUT2D eigenvalue weighted by atomic mass is 10.3. The zero-order valence-electron chi connectivity index (χ0n) is 15.8. The fourth-order valence-electron chi connectivity index (χ4n) is 2.97. The molecule has 0 unspecified atom stereocenters. The highest BCUT2D eigenvalue weighted by Gasteiger charge is 2.19. The van der Waals surface area contributed by atoms with Crippen molar-refractivity contribution in [3.63, 3.8) is 0 Å². The van der Waals surface area contributed by atoms with Crippen LogP contribution in [0.25, 0.3) is 22.8 Å². The van der Waals surface area contributed by atoms with Crippen LogP contribution in [0.15, 0.2) is 35.0 Å². The highest BCUT2D eigenvalue weighted by Crippen LogP contribution is 2.28. The fourth-order valence-corrected chi connectivity index (χ4v) is 2.97. The molecule has 0 aliphatic heterocycles. The first kappa shape index (κ1) is 17.6. The van der Waals surface area contributed by atoms with Crippen molar-refractivity contribution in [3.05, 3.63) is 47.6 Å². The first-order valence-corrected chi connectivity index (χ1v) is 8.77. The van der Waals surface area contributed by atoms with Crippen LogP contribution in [0.1, 0.15) is 17.1 Å². The maximum Gasteiger partial charge on any atom is 0.275 e. The van der Waals surface area contributed by atoms with E-state index in [1.54, 1.807) is 41.9 Å². The van der Waals surface area contributed by atoms with E-state index < -0.39 is 0 Å². The van der Waals surface area contributed by atoms with Crippen LogP contribution in [-0.2, 0) is 6.61 Å². The summed E-state index contributed by atoms with van der Waals surface area (Å²) in [4.78, 5) is 4.25. The minimum atomic E-state index is -0.00350. The maximum atomic E-state index is 9.41. The fraction of sp³-hybridized carbons (Fsp3) is 0.167. The van der Waals surface area contributed by atoms with Crippen LogP contribution in [0.2, 0.25) is 0 Å². The van der Waals surface area contributed by atoms with E-state index in [0.29, 0.717) is 40.0 Å². The normalized spacial score (nSPS) is 11.1. The number of methoxy groups -OCH3 is 1. The van der Waals surface area contributed by atoms with Gasteiger partial charge in [-0.1, -0.05) is 5.16 Å². The number of nitrogens with zero attached hydrogens (tertiary/aromatic N) is 9. The van der Waals surface area contributed by atoms with E-state index in [2.05, 4.69) is 36.6 Å². The monoisotopic (exact) mass is 403 g/mol. The van der Waals surface area contributed by atoms with Gasteiger partial charge < -0.3 is 14.0 Å². The molecule has 5 heterocycles. The minimum Gasteiger partial charge on any atom is -0.491 e. The van der Waals surface area contributed by atoms with E-state index >= 15 is 0 Å². The number of imidazole rings is 1. The van der Waals surface area contributed by atoms with Crippen molar-refractivity contribution in [2.24, 2.45) is 0 Å². The molecule has 0 fully saturated rings. The summed E-state index contributed by atoms with van der Waals surface area (Å²) in [5, 5.41) is 30.3. The van der Waals surface area contributed by atoms with Crippen LogP contribution < -0.4 is 9.47 Å². The molecule has 5 aromatic heterocycles. The zero-order valence-corrected chi connectivity index (χ0v) is 15.8. The lowest BCUT2D eigenvalue weighted by Crippen LogP contribution is -2.07. The van der Waals surface area contributed by atoms with Gasteiger partial charge in [0.1, 0.15) is 24.1 Å². The second-order valence-corrected chi connectivity index (χ2v) is 6.24. The van der Waals surface area contributed by atoms with Crippen LogP contribution in [0, 0.1) is 18.3 Å². The predicted molar refractivity (Wildman–Crippen MR) is 99.6 cm³/mol.